The fourth-order valence-corrected chi connectivity index (χ4v) is 6.22. The van der Waals surface area contributed by atoms with Crippen LogP contribution in [0.15, 0.2) is 24.3 Å². The SMILES string of the molecule is CC(=O)N1CCN2C[C@H]1C(=O)NC[C@H]1O[C@@H](CC(=O)N[C@H]3C[C@@H](C2=O)N(Cc2ccc(C(F)(F)F)cc2)C3)[C@H](O)[C@@H]1O. The van der Waals surface area contributed by atoms with E-state index < -0.39 is 66.1 Å². The molecule has 4 saturated heterocycles. The molecule has 1 aromatic carbocycles. The van der Waals surface area contributed by atoms with Crippen molar-refractivity contribution >= 4 is 23.6 Å². The third kappa shape index (κ3) is 6.23. The lowest BCUT2D eigenvalue weighted by Crippen LogP contribution is -2.63. The zero-order valence-corrected chi connectivity index (χ0v) is 22.9. The van der Waals surface area contributed by atoms with Crippen molar-refractivity contribution in [3.05, 3.63) is 35.4 Å². The lowest BCUT2D eigenvalue weighted by atomic mass is 10.0. The molecular formula is C27H34F3N5O7. The number of rotatable bonds is 2. The molecule has 4 amide bonds. The van der Waals surface area contributed by atoms with Crippen LogP contribution in [0.2, 0.25) is 0 Å². The van der Waals surface area contributed by atoms with Crippen LogP contribution in [-0.4, -0.2) is 124 Å². The van der Waals surface area contributed by atoms with Crippen LogP contribution in [0.3, 0.4) is 0 Å². The van der Waals surface area contributed by atoms with E-state index in [1.165, 1.54) is 28.9 Å². The highest BCUT2D eigenvalue weighted by molar-refractivity contribution is 5.89. The lowest BCUT2D eigenvalue weighted by molar-refractivity contribution is -0.149. The second-order valence-electron chi connectivity index (χ2n) is 11.3. The summed E-state index contributed by atoms with van der Waals surface area (Å²) in [6.45, 7) is 1.68. The molecule has 42 heavy (non-hydrogen) atoms. The van der Waals surface area contributed by atoms with Gasteiger partial charge in [0, 0.05) is 45.7 Å². The zero-order chi connectivity index (χ0) is 30.3. The number of hydrogen-bond donors (Lipinski definition) is 4. The Morgan fingerprint density at radius 2 is 1.71 bits per heavy atom. The lowest BCUT2D eigenvalue weighted by Gasteiger charge is -2.41. The van der Waals surface area contributed by atoms with Crippen molar-refractivity contribution < 1.29 is 47.3 Å². The van der Waals surface area contributed by atoms with Crippen LogP contribution in [0.5, 0.6) is 0 Å². The van der Waals surface area contributed by atoms with Gasteiger partial charge in [-0.1, -0.05) is 12.1 Å². The number of ether oxygens (including phenoxy) is 1. The topological polar surface area (TPSA) is 152 Å². The molecule has 4 aliphatic rings. The maximum atomic E-state index is 13.9. The quantitative estimate of drug-likeness (QED) is 0.333. The first-order valence-corrected chi connectivity index (χ1v) is 13.9. The predicted molar refractivity (Wildman–Crippen MR) is 138 cm³/mol. The van der Waals surface area contributed by atoms with E-state index in [0.717, 1.165) is 12.1 Å². The van der Waals surface area contributed by atoms with Gasteiger partial charge in [-0.3, -0.25) is 24.1 Å². The van der Waals surface area contributed by atoms with E-state index in [1.807, 2.05) is 0 Å². The minimum absolute atomic E-state index is 0.0920. The highest BCUT2D eigenvalue weighted by Crippen LogP contribution is 2.30. The number of carbonyl (C=O) groups excluding carboxylic acids is 4. The smallest absolute Gasteiger partial charge is 0.388 e. The maximum Gasteiger partial charge on any atom is 0.416 e. The van der Waals surface area contributed by atoms with Crippen LogP contribution in [0.25, 0.3) is 0 Å². The largest absolute Gasteiger partial charge is 0.416 e. The highest BCUT2D eigenvalue weighted by atomic mass is 19.4. The van der Waals surface area contributed by atoms with Gasteiger partial charge in [-0.2, -0.15) is 13.2 Å². The van der Waals surface area contributed by atoms with Crippen molar-refractivity contribution in [1.29, 1.82) is 0 Å². The first kappa shape index (κ1) is 30.2. The summed E-state index contributed by atoms with van der Waals surface area (Å²) in [7, 11) is 0. The fraction of sp³-hybridized carbons (Fsp3) is 0.630. The first-order chi connectivity index (χ1) is 19.8. The molecule has 15 heteroatoms. The Balaban J connectivity index is 1.42. The summed E-state index contributed by atoms with van der Waals surface area (Å²) in [5, 5.41) is 26.4. The first-order valence-electron chi connectivity index (χ1n) is 13.9. The number of aliphatic hydroxyl groups is 2. The number of nitrogens with one attached hydrogen (secondary N) is 2. The van der Waals surface area contributed by atoms with Gasteiger partial charge in [0.05, 0.1) is 30.7 Å². The number of carbonyl (C=O) groups is 4. The van der Waals surface area contributed by atoms with Crippen molar-refractivity contribution in [3.8, 4) is 0 Å². The second-order valence-corrected chi connectivity index (χ2v) is 11.3. The zero-order valence-electron chi connectivity index (χ0n) is 22.9. The molecule has 4 N–H and O–H groups in total. The van der Waals surface area contributed by atoms with Crippen molar-refractivity contribution in [1.82, 2.24) is 25.3 Å². The molecule has 1 aromatic rings. The summed E-state index contributed by atoms with van der Waals surface area (Å²) >= 11 is 0. The number of halogens is 3. The molecule has 0 aliphatic carbocycles. The molecule has 7 atom stereocenters. The monoisotopic (exact) mass is 597 g/mol. The third-order valence-electron chi connectivity index (χ3n) is 8.45. The molecule has 6 bridgehead atoms. The predicted octanol–water partition coefficient (Wildman–Crippen LogP) is -1.17. The number of alkyl halides is 3. The van der Waals surface area contributed by atoms with Gasteiger partial charge in [-0.05, 0) is 24.1 Å². The molecule has 0 radical (unpaired) electrons. The molecule has 12 nitrogen and oxygen atoms in total. The van der Waals surface area contributed by atoms with E-state index in [4.69, 9.17) is 4.74 Å². The molecule has 5 rings (SSSR count). The molecule has 4 heterocycles. The Labute approximate surface area is 239 Å². The molecule has 0 saturated carbocycles. The molecule has 0 unspecified atom stereocenters. The number of nitrogens with zero attached hydrogens (tertiary/aromatic N) is 3. The minimum Gasteiger partial charge on any atom is -0.388 e. The van der Waals surface area contributed by atoms with Gasteiger partial charge >= 0.3 is 6.18 Å². The standard InChI is InChI=1S/C27H34F3N5O7/c1-14(36)35-7-6-33-13-19(35)25(40)31-10-21-24(39)23(38)20(42-21)9-22(37)32-17-8-18(26(33)41)34(12-17)11-15-2-4-16(5-3-15)27(28,29)30/h2-5,17-21,23-24,38-39H,6-13H2,1H3,(H,31,40)(H,32,37)/t17-,18-,19-,20-,21+,23-,24+/m0/s1. The van der Waals surface area contributed by atoms with E-state index in [9.17, 15) is 42.6 Å². The Hall–Kier alpha value is -3.27. The summed E-state index contributed by atoms with van der Waals surface area (Å²) < 4.78 is 44.9. The average Bonchev–Trinajstić information content (AvgIpc) is 3.45. The van der Waals surface area contributed by atoms with E-state index in [0.29, 0.717) is 5.56 Å². The van der Waals surface area contributed by atoms with Gasteiger partial charge in [0.25, 0.3) is 0 Å². The number of aliphatic hydroxyl groups excluding tert-OH is 2. The fourth-order valence-electron chi connectivity index (χ4n) is 6.22. The molecule has 4 fully saturated rings. The Morgan fingerprint density at radius 3 is 2.38 bits per heavy atom. The number of piperazine rings is 1. The van der Waals surface area contributed by atoms with Crippen LogP contribution in [0.1, 0.15) is 30.9 Å². The van der Waals surface area contributed by atoms with E-state index in [-0.39, 0.29) is 63.9 Å². The van der Waals surface area contributed by atoms with E-state index in [1.54, 1.807) is 4.90 Å². The number of likely N-dealkylation sites (tertiary alicyclic amines) is 1. The summed E-state index contributed by atoms with van der Waals surface area (Å²) in [6, 6.07) is 2.39. The molecule has 4 aliphatic heterocycles. The van der Waals surface area contributed by atoms with Crippen LogP contribution < -0.4 is 10.6 Å². The number of fused-ring (bicyclic) bond motifs is 6. The Morgan fingerprint density at radius 1 is 1.02 bits per heavy atom. The Bertz CT molecular complexity index is 1220. The summed E-state index contributed by atoms with van der Waals surface area (Å²) in [4.78, 5) is 56.9. The Kier molecular flexibility index (Phi) is 8.47. The second kappa shape index (κ2) is 11.8. The molecule has 0 spiro atoms. The number of amides is 4. The van der Waals surface area contributed by atoms with Crippen LogP contribution in [0.4, 0.5) is 13.2 Å². The molecular weight excluding hydrogens is 563 g/mol. The van der Waals surface area contributed by atoms with Crippen LogP contribution in [0, 0.1) is 0 Å². The van der Waals surface area contributed by atoms with Crippen molar-refractivity contribution in [2.45, 2.75) is 75.0 Å². The number of hydrogen-bond acceptors (Lipinski definition) is 8. The van der Waals surface area contributed by atoms with Gasteiger partial charge in [0.1, 0.15) is 24.4 Å². The van der Waals surface area contributed by atoms with Gasteiger partial charge in [0.15, 0.2) is 0 Å². The summed E-state index contributed by atoms with van der Waals surface area (Å²) in [5.41, 5.74) is -0.251. The third-order valence-corrected chi connectivity index (χ3v) is 8.45. The van der Waals surface area contributed by atoms with Crippen LogP contribution >= 0.6 is 0 Å². The minimum atomic E-state index is -4.49. The molecule has 230 valence electrons. The average molecular weight is 598 g/mol. The van der Waals surface area contributed by atoms with Crippen molar-refractivity contribution in [3.63, 3.8) is 0 Å². The number of benzene rings is 1. The maximum absolute atomic E-state index is 13.9. The molecule has 0 aromatic heterocycles. The van der Waals surface area contributed by atoms with Gasteiger partial charge in [-0.25, -0.2) is 0 Å². The van der Waals surface area contributed by atoms with Gasteiger partial charge < -0.3 is 35.4 Å². The normalized spacial score (nSPS) is 33.0. The van der Waals surface area contributed by atoms with Gasteiger partial charge in [0.2, 0.25) is 23.6 Å². The van der Waals surface area contributed by atoms with Crippen LogP contribution in [-0.2, 0) is 36.6 Å². The van der Waals surface area contributed by atoms with Crippen molar-refractivity contribution in [2.24, 2.45) is 0 Å². The summed E-state index contributed by atoms with van der Waals surface area (Å²) in [6.07, 6.45) is -9.31. The van der Waals surface area contributed by atoms with E-state index >= 15 is 0 Å². The van der Waals surface area contributed by atoms with E-state index in [2.05, 4.69) is 10.6 Å². The highest BCUT2D eigenvalue weighted by Gasteiger charge is 2.46. The van der Waals surface area contributed by atoms with Gasteiger partial charge in [-0.15, -0.1) is 0 Å². The van der Waals surface area contributed by atoms with Crippen molar-refractivity contribution in [2.75, 3.05) is 32.7 Å². The summed E-state index contributed by atoms with van der Waals surface area (Å²) in [5.74, 6) is -1.70.